The van der Waals surface area contributed by atoms with Crippen LogP contribution in [0.3, 0.4) is 0 Å². The number of alkyl halides is 6. The lowest BCUT2D eigenvalue weighted by atomic mass is 10.0. The van der Waals surface area contributed by atoms with Crippen molar-refractivity contribution >= 4 is 5.91 Å². The fraction of sp³-hybridized carbons (Fsp3) is 0.517. The Bertz CT molecular complexity index is 1780. The van der Waals surface area contributed by atoms with Gasteiger partial charge >= 0.3 is 12.4 Å². The Morgan fingerprint density at radius 3 is 1.96 bits per heavy atom. The Kier molecular flexibility index (Phi) is 8.93. The summed E-state index contributed by atoms with van der Waals surface area (Å²) in [6.07, 6.45) is -9.69. The summed E-state index contributed by atoms with van der Waals surface area (Å²) in [5.41, 5.74) is -4.28. The summed E-state index contributed by atoms with van der Waals surface area (Å²) in [4.78, 5) is 14.7. The number of nitrogens with one attached hydrogen (secondary N) is 1. The highest BCUT2D eigenvalue weighted by Crippen LogP contribution is 2.40. The summed E-state index contributed by atoms with van der Waals surface area (Å²) in [7, 11) is 1.66. The molecule has 260 valence electrons. The Morgan fingerprint density at radius 2 is 1.40 bits per heavy atom. The minimum atomic E-state index is -4.91. The van der Waals surface area contributed by atoms with E-state index in [4.69, 9.17) is 0 Å². The van der Waals surface area contributed by atoms with E-state index in [9.17, 15) is 41.4 Å². The zero-order valence-electron chi connectivity index (χ0n) is 26.5. The monoisotopic (exact) mass is 684 g/mol. The number of aryl methyl sites for hydroxylation is 1. The van der Waals surface area contributed by atoms with Crippen molar-refractivity contribution in [3.63, 3.8) is 0 Å². The van der Waals surface area contributed by atoms with Gasteiger partial charge in [0.05, 0.1) is 24.8 Å². The number of carbonyl (C=O) groups is 1. The van der Waals surface area contributed by atoms with Crippen molar-refractivity contribution in [3.8, 4) is 11.3 Å². The Morgan fingerprint density at radius 1 is 0.854 bits per heavy atom. The number of hydrogen-bond acceptors (Lipinski definition) is 9. The number of nitrogens with zero attached hydrogens (tertiary/aromatic N) is 9. The van der Waals surface area contributed by atoms with Gasteiger partial charge in [-0.25, -0.2) is 0 Å². The summed E-state index contributed by atoms with van der Waals surface area (Å²) in [6.45, 7) is 5.72. The average Bonchev–Trinajstić information content (AvgIpc) is 3.74. The van der Waals surface area contributed by atoms with Gasteiger partial charge in [-0.3, -0.25) is 9.48 Å². The van der Waals surface area contributed by atoms with Crippen LogP contribution in [0.2, 0.25) is 0 Å². The van der Waals surface area contributed by atoms with Crippen LogP contribution in [0.1, 0.15) is 73.6 Å². The molecule has 13 nitrogen and oxygen atoms in total. The predicted molar refractivity (Wildman–Crippen MR) is 156 cm³/mol. The van der Waals surface area contributed by atoms with Crippen molar-refractivity contribution in [2.75, 3.05) is 13.1 Å². The molecule has 0 radical (unpaired) electrons. The number of amides is 1. The second-order valence-electron chi connectivity index (χ2n) is 12.2. The van der Waals surface area contributed by atoms with Crippen LogP contribution < -0.4 is 5.32 Å². The minimum absolute atomic E-state index is 0.0318. The van der Waals surface area contributed by atoms with Gasteiger partial charge in [0, 0.05) is 31.7 Å². The van der Waals surface area contributed by atoms with Crippen LogP contribution in [0, 0.1) is 0 Å². The Balaban J connectivity index is 0.000000224. The molecule has 0 fully saturated rings. The standard InChI is InChI=1S/C20H21F3N6O2.C9H13F3N4O/c1-12-10-28(11-16-24-25-18(29(12)16)19(2,31)20(21,22)23)17(30)15-9-14(26-27(15)3)13-7-5-4-6-8-13;1-5-3-13-4-6-14-15-7(16(5)6)8(2,17)9(10,11)12/h4-9,12,31H,10-11H2,1-3H3;5,13,17H,3-4H2,1-2H3/t12-,19+;5-,8+/m00/s1. The van der Waals surface area contributed by atoms with E-state index >= 15 is 0 Å². The summed E-state index contributed by atoms with van der Waals surface area (Å²) in [5.74, 6) is -0.765. The maximum Gasteiger partial charge on any atom is 0.424 e. The van der Waals surface area contributed by atoms with Gasteiger partial charge in [0.1, 0.15) is 11.5 Å². The third kappa shape index (κ3) is 6.16. The number of rotatable bonds is 4. The van der Waals surface area contributed by atoms with Gasteiger partial charge in [-0.2, -0.15) is 31.4 Å². The Hall–Kier alpha value is -4.36. The maximum absolute atomic E-state index is 13.3. The molecule has 3 N–H and O–H groups in total. The van der Waals surface area contributed by atoms with Gasteiger partial charge < -0.3 is 29.6 Å². The average molecular weight is 685 g/mol. The van der Waals surface area contributed by atoms with Crippen LogP contribution >= 0.6 is 0 Å². The highest BCUT2D eigenvalue weighted by Gasteiger charge is 2.56. The lowest BCUT2D eigenvalue weighted by Crippen LogP contribution is -2.46. The van der Waals surface area contributed by atoms with E-state index < -0.39 is 41.2 Å². The van der Waals surface area contributed by atoms with Gasteiger partial charge in [-0.15, -0.1) is 20.4 Å². The van der Waals surface area contributed by atoms with Crippen LogP contribution in [0.25, 0.3) is 11.3 Å². The molecule has 0 unspecified atom stereocenters. The van der Waals surface area contributed by atoms with E-state index in [-0.39, 0.29) is 30.9 Å². The van der Waals surface area contributed by atoms with E-state index in [1.54, 1.807) is 27.0 Å². The van der Waals surface area contributed by atoms with E-state index in [2.05, 4.69) is 30.8 Å². The van der Waals surface area contributed by atoms with Crippen LogP contribution in [0.4, 0.5) is 26.3 Å². The quantitative estimate of drug-likeness (QED) is 0.275. The molecule has 2 aliphatic heterocycles. The highest BCUT2D eigenvalue weighted by molar-refractivity contribution is 5.93. The van der Waals surface area contributed by atoms with Crippen molar-refractivity contribution in [2.45, 2.75) is 76.4 Å². The van der Waals surface area contributed by atoms with Crippen LogP contribution in [-0.2, 0) is 31.3 Å². The van der Waals surface area contributed by atoms with Crippen molar-refractivity contribution in [1.82, 2.24) is 49.5 Å². The molecule has 0 spiro atoms. The first-order valence-electron chi connectivity index (χ1n) is 14.8. The van der Waals surface area contributed by atoms with Gasteiger partial charge in [0.25, 0.3) is 5.91 Å². The minimum Gasteiger partial charge on any atom is -0.374 e. The molecule has 48 heavy (non-hydrogen) atoms. The normalized spacial score (nSPS) is 20.6. The molecule has 0 saturated heterocycles. The van der Waals surface area contributed by atoms with E-state index in [0.29, 0.717) is 44.1 Å². The number of benzene rings is 1. The van der Waals surface area contributed by atoms with Crippen LogP contribution in [-0.4, -0.2) is 85.8 Å². The number of hydrogen-bond donors (Lipinski definition) is 3. The summed E-state index contributed by atoms with van der Waals surface area (Å²) in [6, 6.07) is 10.3. The smallest absolute Gasteiger partial charge is 0.374 e. The number of aliphatic hydroxyl groups is 2. The third-order valence-electron chi connectivity index (χ3n) is 8.38. The predicted octanol–water partition coefficient (Wildman–Crippen LogP) is 3.38. The van der Waals surface area contributed by atoms with E-state index in [1.165, 1.54) is 18.7 Å². The van der Waals surface area contributed by atoms with E-state index in [1.807, 2.05) is 30.3 Å². The fourth-order valence-electron chi connectivity index (χ4n) is 5.57. The lowest BCUT2D eigenvalue weighted by molar-refractivity contribution is -0.263. The summed E-state index contributed by atoms with van der Waals surface area (Å²) in [5, 5.41) is 41.7. The maximum atomic E-state index is 13.3. The molecule has 6 rings (SSSR count). The van der Waals surface area contributed by atoms with Crippen molar-refractivity contribution in [1.29, 1.82) is 0 Å². The molecule has 0 saturated carbocycles. The molecule has 19 heteroatoms. The molecule has 0 aliphatic carbocycles. The molecular weight excluding hydrogens is 650 g/mol. The molecule has 1 amide bonds. The molecule has 5 heterocycles. The first-order valence-corrected chi connectivity index (χ1v) is 14.8. The van der Waals surface area contributed by atoms with E-state index in [0.717, 1.165) is 5.56 Å². The molecule has 0 bridgehead atoms. The topological polar surface area (TPSA) is 152 Å². The van der Waals surface area contributed by atoms with Gasteiger partial charge in [0.2, 0.25) is 11.2 Å². The van der Waals surface area contributed by atoms with Crippen molar-refractivity contribution in [3.05, 3.63) is 65.4 Å². The number of fused-ring (bicyclic) bond motifs is 2. The zero-order chi connectivity index (χ0) is 35.4. The third-order valence-corrected chi connectivity index (χ3v) is 8.38. The van der Waals surface area contributed by atoms with Gasteiger partial charge in [-0.05, 0) is 33.8 Å². The van der Waals surface area contributed by atoms with Crippen LogP contribution in [0.5, 0.6) is 0 Å². The van der Waals surface area contributed by atoms with Crippen LogP contribution in [0.15, 0.2) is 36.4 Å². The number of aromatic nitrogens is 8. The SMILES string of the molecule is C[C@H]1CN(C(=O)c2cc(-c3ccccc3)nn2C)Cc2nnc([C@@](C)(O)C(F)(F)F)n21.C[C@H]1CNCc2nnc([C@@](C)(O)C(F)(F)F)n21. The summed E-state index contributed by atoms with van der Waals surface area (Å²) >= 11 is 0. The van der Waals surface area contributed by atoms with Gasteiger partial charge in [0.15, 0.2) is 17.5 Å². The molecule has 4 aromatic rings. The molecule has 4 atom stereocenters. The fourth-order valence-corrected chi connectivity index (χ4v) is 5.57. The van der Waals surface area contributed by atoms with Crippen molar-refractivity contribution < 1.29 is 41.4 Å². The molecular formula is C29H34F6N10O3. The zero-order valence-corrected chi connectivity index (χ0v) is 26.5. The van der Waals surface area contributed by atoms with Gasteiger partial charge in [-0.1, -0.05) is 30.3 Å². The second kappa shape index (κ2) is 12.3. The molecule has 2 aliphatic rings. The summed E-state index contributed by atoms with van der Waals surface area (Å²) < 4.78 is 82.2. The highest BCUT2D eigenvalue weighted by atomic mass is 19.4. The number of carbonyl (C=O) groups excluding carboxylic acids is 1. The first kappa shape index (κ1) is 35.0. The Labute approximate surface area is 270 Å². The lowest BCUT2D eigenvalue weighted by Gasteiger charge is -2.34. The first-order chi connectivity index (χ1) is 22.3. The number of halogens is 6. The molecule has 3 aromatic heterocycles. The molecule has 1 aromatic carbocycles. The second-order valence-corrected chi connectivity index (χ2v) is 12.2. The largest absolute Gasteiger partial charge is 0.424 e. The van der Waals surface area contributed by atoms with Crippen molar-refractivity contribution in [2.24, 2.45) is 7.05 Å².